The fraction of sp³-hybridized carbons (Fsp3) is 0.562. The van der Waals surface area contributed by atoms with Crippen molar-refractivity contribution in [1.29, 1.82) is 0 Å². The summed E-state index contributed by atoms with van der Waals surface area (Å²) in [6, 6.07) is 7.19. The van der Waals surface area contributed by atoms with Crippen molar-refractivity contribution in [2.45, 2.75) is 25.2 Å². The number of benzene rings is 1. The predicted octanol–water partition coefficient (Wildman–Crippen LogP) is 0.943. The van der Waals surface area contributed by atoms with Crippen LogP contribution in [0.4, 0.5) is 4.39 Å². The van der Waals surface area contributed by atoms with E-state index in [1.165, 1.54) is 0 Å². The van der Waals surface area contributed by atoms with Gasteiger partial charge < -0.3 is 20.3 Å². The molecule has 2 N–H and O–H groups in total. The summed E-state index contributed by atoms with van der Waals surface area (Å²) in [5.41, 5.74) is 0.921. The quantitative estimate of drug-likeness (QED) is 0.787. The number of likely N-dealkylation sites (N-methyl/N-ethyl adjacent to an activating group) is 1. The first-order chi connectivity index (χ1) is 10.6. The highest BCUT2D eigenvalue weighted by Crippen LogP contribution is 2.18. The van der Waals surface area contributed by atoms with Crippen molar-refractivity contribution in [3.63, 3.8) is 0 Å². The number of halogens is 1. The van der Waals surface area contributed by atoms with E-state index in [1.807, 2.05) is 43.3 Å². The van der Waals surface area contributed by atoms with Crippen molar-refractivity contribution < 1.29 is 13.9 Å². The summed E-state index contributed by atoms with van der Waals surface area (Å²) in [7, 11) is 3.98. The van der Waals surface area contributed by atoms with E-state index in [1.54, 1.807) is 0 Å². The topological polar surface area (TPSA) is 53.6 Å². The van der Waals surface area contributed by atoms with Gasteiger partial charge in [0, 0.05) is 31.6 Å². The van der Waals surface area contributed by atoms with E-state index in [2.05, 4.69) is 10.6 Å². The monoisotopic (exact) mass is 309 g/mol. The number of carbonyl (C=O) groups excluding carboxylic acids is 1. The minimum atomic E-state index is -0.933. The summed E-state index contributed by atoms with van der Waals surface area (Å²) in [6.07, 6.45) is -0.690. The molecule has 122 valence electrons. The Morgan fingerprint density at radius 1 is 1.45 bits per heavy atom. The lowest BCUT2D eigenvalue weighted by molar-refractivity contribution is -0.123. The Morgan fingerprint density at radius 2 is 2.23 bits per heavy atom. The molecule has 0 aromatic heterocycles. The molecule has 1 fully saturated rings. The zero-order valence-corrected chi connectivity index (χ0v) is 13.1. The van der Waals surface area contributed by atoms with E-state index >= 15 is 0 Å². The molecule has 6 heteroatoms. The van der Waals surface area contributed by atoms with Gasteiger partial charge >= 0.3 is 0 Å². The first-order valence-electron chi connectivity index (χ1n) is 7.57. The second-order valence-corrected chi connectivity index (χ2v) is 5.77. The van der Waals surface area contributed by atoms with Crippen LogP contribution in [0.5, 0.6) is 5.75 Å². The standard InChI is InChI=1S/C16H24FN3O2/c1-20(2)7-8-22-15-6-4-3-5-12(15)10-19-16(21)14-9-13(17)11-18-14/h3-6,13-14,18H,7-11H2,1-2H3,(H,19,21)/t13-,14+/m0/s1. The first-order valence-corrected chi connectivity index (χ1v) is 7.57. The number of rotatable bonds is 7. The van der Waals surface area contributed by atoms with Crippen LogP contribution in [0.25, 0.3) is 0 Å². The zero-order chi connectivity index (χ0) is 15.9. The summed E-state index contributed by atoms with van der Waals surface area (Å²) in [6.45, 7) is 2.05. The molecule has 1 saturated heterocycles. The van der Waals surface area contributed by atoms with Crippen LogP contribution >= 0.6 is 0 Å². The van der Waals surface area contributed by atoms with Crippen molar-refractivity contribution >= 4 is 5.91 Å². The van der Waals surface area contributed by atoms with Gasteiger partial charge in [0.2, 0.25) is 5.91 Å². The number of nitrogens with one attached hydrogen (secondary N) is 2. The van der Waals surface area contributed by atoms with Crippen molar-refractivity contribution in [2.75, 3.05) is 33.8 Å². The fourth-order valence-corrected chi connectivity index (χ4v) is 2.33. The number of hydrogen-bond acceptors (Lipinski definition) is 4. The van der Waals surface area contributed by atoms with E-state index < -0.39 is 12.2 Å². The second kappa shape index (κ2) is 8.10. The molecule has 1 heterocycles. The summed E-state index contributed by atoms with van der Waals surface area (Å²) in [4.78, 5) is 14.0. The molecular formula is C16H24FN3O2. The van der Waals surface area contributed by atoms with Crippen LogP contribution in [0.3, 0.4) is 0 Å². The molecule has 1 aromatic carbocycles. The Labute approximate surface area is 130 Å². The van der Waals surface area contributed by atoms with Crippen molar-refractivity contribution in [3.8, 4) is 5.75 Å². The normalized spacial score (nSPS) is 21.1. The van der Waals surface area contributed by atoms with Crippen molar-refractivity contribution in [2.24, 2.45) is 0 Å². The maximum atomic E-state index is 13.1. The number of amides is 1. The highest BCUT2D eigenvalue weighted by atomic mass is 19.1. The number of alkyl halides is 1. The highest BCUT2D eigenvalue weighted by molar-refractivity contribution is 5.82. The molecule has 0 radical (unpaired) electrons. The van der Waals surface area contributed by atoms with Gasteiger partial charge in [-0.3, -0.25) is 4.79 Å². The minimum Gasteiger partial charge on any atom is -0.492 e. The maximum Gasteiger partial charge on any atom is 0.237 e. The molecular weight excluding hydrogens is 285 g/mol. The van der Waals surface area contributed by atoms with Gasteiger partial charge in [0.1, 0.15) is 18.5 Å². The van der Waals surface area contributed by atoms with Crippen LogP contribution < -0.4 is 15.4 Å². The van der Waals surface area contributed by atoms with Gasteiger partial charge in [-0.1, -0.05) is 18.2 Å². The molecule has 0 saturated carbocycles. The average molecular weight is 309 g/mol. The fourth-order valence-electron chi connectivity index (χ4n) is 2.33. The third-order valence-corrected chi connectivity index (χ3v) is 3.62. The van der Waals surface area contributed by atoms with Gasteiger partial charge in [-0.15, -0.1) is 0 Å². The third-order valence-electron chi connectivity index (χ3n) is 3.62. The number of para-hydroxylation sites is 1. The van der Waals surface area contributed by atoms with E-state index in [0.29, 0.717) is 13.2 Å². The Hall–Kier alpha value is -1.66. The highest BCUT2D eigenvalue weighted by Gasteiger charge is 2.28. The van der Waals surface area contributed by atoms with Gasteiger partial charge in [-0.25, -0.2) is 4.39 Å². The van der Waals surface area contributed by atoms with E-state index in [-0.39, 0.29) is 18.9 Å². The molecule has 5 nitrogen and oxygen atoms in total. The molecule has 0 bridgehead atoms. The molecule has 0 spiro atoms. The summed E-state index contributed by atoms with van der Waals surface area (Å²) < 4.78 is 18.9. The Kier molecular flexibility index (Phi) is 6.15. The SMILES string of the molecule is CN(C)CCOc1ccccc1CNC(=O)[C@H]1C[C@H](F)CN1. The van der Waals surface area contributed by atoms with Crippen LogP contribution in [-0.4, -0.2) is 56.8 Å². The maximum absolute atomic E-state index is 13.1. The number of nitrogens with zero attached hydrogens (tertiary/aromatic N) is 1. The van der Waals surface area contributed by atoms with E-state index in [0.717, 1.165) is 17.9 Å². The Balaban J connectivity index is 1.85. The minimum absolute atomic E-state index is 0.164. The molecule has 1 aliphatic rings. The molecule has 1 aliphatic heterocycles. The molecule has 2 rings (SSSR count). The lowest BCUT2D eigenvalue weighted by atomic mass is 10.1. The first kappa shape index (κ1) is 16.7. The number of carbonyl (C=O) groups is 1. The summed E-state index contributed by atoms with van der Waals surface area (Å²) in [5, 5.41) is 5.72. The molecule has 22 heavy (non-hydrogen) atoms. The lowest BCUT2D eigenvalue weighted by Crippen LogP contribution is -2.40. The van der Waals surface area contributed by atoms with Gasteiger partial charge in [0.25, 0.3) is 0 Å². The van der Waals surface area contributed by atoms with Gasteiger partial charge in [0.15, 0.2) is 0 Å². The Bertz CT molecular complexity index is 496. The summed E-state index contributed by atoms with van der Waals surface area (Å²) >= 11 is 0. The van der Waals surface area contributed by atoms with Crippen LogP contribution in [0.2, 0.25) is 0 Å². The number of ether oxygens (including phenoxy) is 1. The molecule has 1 aromatic rings. The molecule has 2 atom stereocenters. The van der Waals surface area contributed by atoms with Crippen LogP contribution in [-0.2, 0) is 11.3 Å². The third kappa shape index (κ3) is 4.96. The van der Waals surface area contributed by atoms with E-state index in [4.69, 9.17) is 4.74 Å². The second-order valence-electron chi connectivity index (χ2n) is 5.77. The largest absolute Gasteiger partial charge is 0.492 e. The summed E-state index contributed by atoms with van der Waals surface area (Å²) in [5.74, 6) is 0.607. The van der Waals surface area contributed by atoms with Crippen LogP contribution in [0, 0.1) is 0 Å². The predicted molar refractivity (Wildman–Crippen MR) is 83.6 cm³/mol. The molecule has 1 amide bonds. The average Bonchev–Trinajstić information content (AvgIpc) is 2.92. The van der Waals surface area contributed by atoms with Crippen LogP contribution in [0.1, 0.15) is 12.0 Å². The van der Waals surface area contributed by atoms with Crippen LogP contribution in [0.15, 0.2) is 24.3 Å². The van der Waals surface area contributed by atoms with Gasteiger partial charge in [0.05, 0.1) is 6.04 Å². The van der Waals surface area contributed by atoms with Gasteiger partial charge in [-0.05, 0) is 20.2 Å². The van der Waals surface area contributed by atoms with Crippen molar-refractivity contribution in [3.05, 3.63) is 29.8 Å². The molecule has 0 unspecified atom stereocenters. The molecule has 0 aliphatic carbocycles. The Morgan fingerprint density at radius 3 is 2.91 bits per heavy atom. The van der Waals surface area contributed by atoms with Crippen molar-refractivity contribution in [1.82, 2.24) is 15.5 Å². The number of hydrogen-bond donors (Lipinski definition) is 2. The van der Waals surface area contributed by atoms with E-state index in [9.17, 15) is 9.18 Å². The zero-order valence-electron chi connectivity index (χ0n) is 13.1. The smallest absolute Gasteiger partial charge is 0.237 e. The van der Waals surface area contributed by atoms with Gasteiger partial charge in [-0.2, -0.15) is 0 Å². The lowest BCUT2D eigenvalue weighted by Gasteiger charge is -2.15.